The molecular weight excluding hydrogens is 219 g/mol. The molecule has 0 aromatic heterocycles. The number of hydrogen-bond donors (Lipinski definition) is 2. The third-order valence-corrected chi connectivity index (χ3v) is 3.00. The zero-order valence-corrected chi connectivity index (χ0v) is 9.87. The van der Waals surface area contributed by atoms with Gasteiger partial charge in [0.2, 0.25) is 5.91 Å². The second-order valence-electron chi connectivity index (χ2n) is 4.60. The van der Waals surface area contributed by atoms with Gasteiger partial charge in [-0.1, -0.05) is 12.1 Å². The van der Waals surface area contributed by atoms with Crippen molar-refractivity contribution in [3.63, 3.8) is 0 Å². The summed E-state index contributed by atoms with van der Waals surface area (Å²) < 4.78 is 12.7. The zero-order chi connectivity index (χ0) is 12.3. The maximum atomic E-state index is 12.7. The highest BCUT2D eigenvalue weighted by molar-refractivity contribution is 5.80. The van der Waals surface area contributed by atoms with E-state index in [0.717, 1.165) is 25.1 Å². The highest BCUT2D eigenvalue weighted by atomic mass is 19.1. The summed E-state index contributed by atoms with van der Waals surface area (Å²) in [5.41, 5.74) is 1.03. The van der Waals surface area contributed by atoms with Crippen molar-refractivity contribution in [2.45, 2.75) is 19.4 Å². The molecule has 1 heterocycles. The molecule has 1 saturated heterocycles. The van der Waals surface area contributed by atoms with Crippen LogP contribution in [0.5, 0.6) is 0 Å². The minimum atomic E-state index is -0.231. The number of rotatable bonds is 4. The van der Waals surface area contributed by atoms with E-state index in [1.165, 1.54) is 12.1 Å². The van der Waals surface area contributed by atoms with Crippen LogP contribution in [0.3, 0.4) is 0 Å². The van der Waals surface area contributed by atoms with Gasteiger partial charge < -0.3 is 10.6 Å². The van der Waals surface area contributed by atoms with Gasteiger partial charge in [-0.05, 0) is 31.0 Å². The van der Waals surface area contributed by atoms with Crippen molar-refractivity contribution in [3.8, 4) is 0 Å². The third-order valence-electron chi connectivity index (χ3n) is 3.00. The van der Waals surface area contributed by atoms with E-state index in [1.807, 2.05) is 6.92 Å². The fourth-order valence-electron chi connectivity index (χ4n) is 1.86. The summed E-state index contributed by atoms with van der Waals surface area (Å²) in [4.78, 5) is 11.7. The molecule has 4 heteroatoms. The second-order valence-corrected chi connectivity index (χ2v) is 4.60. The van der Waals surface area contributed by atoms with Gasteiger partial charge in [0.05, 0.1) is 5.92 Å². The molecule has 1 amide bonds. The lowest BCUT2D eigenvalue weighted by atomic mass is 10.0. The molecule has 92 valence electrons. The van der Waals surface area contributed by atoms with Gasteiger partial charge in [0.15, 0.2) is 0 Å². The highest BCUT2D eigenvalue weighted by Gasteiger charge is 2.25. The summed E-state index contributed by atoms with van der Waals surface area (Å²) in [6, 6.07) is 6.47. The summed E-state index contributed by atoms with van der Waals surface area (Å²) in [7, 11) is 0. The molecule has 0 unspecified atom stereocenters. The Morgan fingerprint density at radius 2 is 2.12 bits per heavy atom. The smallest absolute Gasteiger partial charge is 0.225 e. The van der Waals surface area contributed by atoms with Crippen LogP contribution in [0.25, 0.3) is 0 Å². The van der Waals surface area contributed by atoms with Crippen LogP contribution < -0.4 is 10.6 Å². The summed E-state index contributed by atoms with van der Waals surface area (Å²) >= 11 is 0. The van der Waals surface area contributed by atoms with Crippen molar-refractivity contribution in [1.82, 2.24) is 10.6 Å². The minimum Gasteiger partial charge on any atom is -0.353 e. The average molecular weight is 236 g/mol. The molecule has 1 aliphatic rings. The molecule has 0 aliphatic carbocycles. The van der Waals surface area contributed by atoms with Gasteiger partial charge in [-0.15, -0.1) is 0 Å². The van der Waals surface area contributed by atoms with Gasteiger partial charge in [0.25, 0.3) is 0 Å². The largest absolute Gasteiger partial charge is 0.353 e. The SMILES string of the molecule is C[C@H](Cc1ccc(F)cc1)NC(=O)C1CNC1. The molecule has 17 heavy (non-hydrogen) atoms. The first-order chi connectivity index (χ1) is 8.15. The Labute approximate surface area is 100 Å². The van der Waals surface area contributed by atoms with E-state index < -0.39 is 0 Å². The Hall–Kier alpha value is -1.42. The molecule has 3 nitrogen and oxygen atoms in total. The number of halogens is 1. The van der Waals surface area contributed by atoms with Crippen LogP contribution in [0, 0.1) is 11.7 Å². The second kappa shape index (κ2) is 5.27. The van der Waals surface area contributed by atoms with Crippen LogP contribution in [0.2, 0.25) is 0 Å². The average Bonchev–Trinajstić information content (AvgIpc) is 2.18. The molecule has 1 atom stereocenters. The summed E-state index contributed by atoms with van der Waals surface area (Å²) in [6.07, 6.45) is 0.728. The Morgan fingerprint density at radius 1 is 1.47 bits per heavy atom. The van der Waals surface area contributed by atoms with E-state index in [9.17, 15) is 9.18 Å². The van der Waals surface area contributed by atoms with Gasteiger partial charge >= 0.3 is 0 Å². The van der Waals surface area contributed by atoms with Crippen molar-refractivity contribution in [2.24, 2.45) is 5.92 Å². The van der Waals surface area contributed by atoms with Gasteiger partial charge in [-0.3, -0.25) is 4.79 Å². The molecule has 2 N–H and O–H groups in total. The van der Waals surface area contributed by atoms with Crippen LogP contribution >= 0.6 is 0 Å². The first kappa shape index (κ1) is 12.0. The van der Waals surface area contributed by atoms with Gasteiger partial charge in [-0.25, -0.2) is 4.39 Å². The lowest BCUT2D eigenvalue weighted by Gasteiger charge is -2.27. The molecule has 0 radical (unpaired) electrons. The topological polar surface area (TPSA) is 41.1 Å². The molecular formula is C13H17FN2O. The monoisotopic (exact) mass is 236 g/mol. The molecule has 1 aromatic carbocycles. The molecule has 1 aromatic rings. The third kappa shape index (κ3) is 3.27. The lowest BCUT2D eigenvalue weighted by Crippen LogP contribution is -2.52. The maximum absolute atomic E-state index is 12.7. The molecule has 0 spiro atoms. The van der Waals surface area contributed by atoms with Crippen LogP contribution in [-0.2, 0) is 11.2 Å². The van der Waals surface area contributed by atoms with E-state index in [-0.39, 0.29) is 23.7 Å². The van der Waals surface area contributed by atoms with Crippen molar-refractivity contribution >= 4 is 5.91 Å². The first-order valence-electron chi connectivity index (χ1n) is 5.90. The van der Waals surface area contributed by atoms with E-state index in [1.54, 1.807) is 12.1 Å². The number of carbonyl (C=O) groups excluding carboxylic acids is 1. The summed E-state index contributed by atoms with van der Waals surface area (Å²) in [6.45, 7) is 3.51. The standard InChI is InChI=1S/C13H17FN2O/c1-9(16-13(17)11-7-15-8-11)6-10-2-4-12(14)5-3-10/h2-5,9,11,15H,6-8H2,1H3,(H,16,17)/t9-/m1/s1. The number of nitrogens with one attached hydrogen (secondary N) is 2. The zero-order valence-electron chi connectivity index (χ0n) is 9.87. The number of amides is 1. The maximum Gasteiger partial charge on any atom is 0.225 e. The highest BCUT2D eigenvalue weighted by Crippen LogP contribution is 2.07. The van der Waals surface area contributed by atoms with Crippen molar-refractivity contribution in [2.75, 3.05) is 13.1 Å². The Bertz CT molecular complexity index is 387. The van der Waals surface area contributed by atoms with Crippen LogP contribution in [-0.4, -0.2) is 25.0 Å². The first-order valence-corrected chi connectivity index (χ1v) is 5.90. The molecule has 0 saturated carbocycles. The van der Waals surface area contributed by atoms with Crippen LogP contribution in [0.15, 0.2) is 24.3 Å². The molecule has 2 rings (SSSR count). The van der Waals surface area contributed by atoms with Crippen molar-refractivity contribution < 1.29 is 9.18 Å². The molecule has 0 bridgehead atoms. The van der Waals surface area contributed by atoms with Crippen LogP contribution in [0.1, 0.15) is 12.5 Å². The molecule has 1 aliphatic heterocycles. The fraction of sp³-hybridized carbons (Fsp3) is 0.462. The quantitative estimate of drug-likeness (QED) is 0.821. The predicted molar refractivity (Wildman–Crippen MR) is 64.1 cm³/mol. The van der Waals surface area contributed by atoms with Gasteiger partial charge in [0.1, 0.15) is 5.82 Å². The normalized spacial score (nSPS) is 17.3. The Balaban J connectivity index is 1.81. The fourth-order valence-corrected chi connectivity index (χ4v) is 1.86. The predicted octanol–water partition coefficient (Wildman–Crippen LogP) is 1.09. The minimum absolute atomic E-state index is 0.0774. The Kier molecular flexibility index (Phi) is 3.74. The van der Waals surface area contributed by atoms with Crippen molar-refractivity contribution in [3.05, 3.63) is 35.6 Å². The van der Waals surface area contributed by atoms with Gasteiger partial charge in [-0.2, -0.15) is 0 Å². The lowest BCUT2D eigenvalue weighted by molar-refractivity contribution is -0.127. The van der Waals surface area contributed by atoms with Gasteiger partial charge in [0, 0.05) is 19.1 Å². The van der Waals surface area contributed by atoms with E-state index in [0.29, 0.717) is 0 Å². The number of hydrogen-bond acceptors (Lipinski definition) is 2. The van der Waals surface area contributed by atoms with Crippen LogP contribution in [0.4, 0.5) is 4.39 Å². The van der Waals surface area contributed by atoms with E-state index in [4.69, 9.17) is 0 Å². The van der Waals surface area contributed by atoms with E-state index >= 15 is 0 Å². The Morgan fingerprint density at radius 3 is 2.65 bits per heavy atom. The number of benzene rings is 1. The molecule has 1 fully saturated rings. The summed E-state index contributed by atoms with van der Waals surface area (Å²) in [5, 5.41) is 6.04. The number of carbonyl (C=O) groups is 1. The summed E-state index contributed by atoms with van der Waals surface area (Å²) in [5.74, 6) is -0.00462. The van der Waals surface area contributed by atoms with Crippen molar-refractivity contribution in [1.29, 1.82) is 0 Å². The van der Waals surface area contributed by atoms with E-state index in [2.05, 4.69) is 10.6 Å².